The van der Waals surface area contributed by atoms with Gasteiger partial charge in [0.05, 0.1) is 32.8 Å². The number of nitrogens with one attached hydrogen (secondary N) is 1. The predicted molar refractivity (Wildman–Crippen MR) is 107 cm³/mol. The van der Waals surface area contributed by atoms with Gasteiger partial charge in [0.15, 0.2) is 0 Å². The highest BCUT2D eigenvalue weighted by Gasteiger charge is 2.23. The second kappa shape index (κ2) is 4.53. The molecule has 6 heteroatoms. The van der Waals surface area contributed by atoms with Crippen LogP contribution in [0.5, 0.6) is 0 Å². The third-order valence-corrected chi connectivity index (χ3v) is 5.49. The van der Waals surface area contributed by atoms with E-state index in [1.165, 1.54) is 0 Å². The number of nitrogens with zero attached hydrogens (tertiary/aromatic N) is 2. The molecule has 6 aromatic rings. The van der Waals surface area contributed by atoms with E-state index < -0.39 is 0 Å². The molecule has 0 saturated carbocycles. The molecule has 122 valence electrons. The maximum atomic E-state index is 12.6. The SMILES string of the molecule is O=c1[nH]c(=O)c2c1c1c3ccccc3nc1c1nc3cc(Br)ccc3c12. The number of halogens is 1. The molecule has 0 spiro atoms. The molecular weight excluding hydrogens is 394 g/mol. The topological polar surface area (TPSA) is 75.7 Å². The van der Waals surface area contributed by atoms with Crippen LogP contribution in [-0.4, -0.2) is 15.0 Å². The van der Waals surface area contributed by atoms with E-state index >= 15 is 0 Å². The maximum absolute atomic E-state index is 12.6. The second-order valence-corrected chi connectivity index (χ2v) is 7.30. The number of fused-ring (bicyclic) bond motifs is 10. The van der Waals surface area contributed by atoms with Crippen molar-refractivity contribution in [1.82, 2.24) is 15.0 Å². The van der Waals surface area contributed by atoms with Crippen molar-refractivity contribution in [2.75, 3.05) is 0 Å². The molecule has 0 saturated heterocycles. The van der Waals surface area contributed by atoms with Gasteiger partial charge in [0.1, 0.15) is 0 Å². The van der Waals surface area contributed by atoms with Gasteiger partial charge < -0.3 is 0 Å². The molecular formula is C20H8BrN3O2. The fourth-order valence-electron chi connectivity index (χ4n) is 3.98. The van der Waals surface area contributed by atoms with Crippen molar-refractivity contribution in [3.05, 3.63) is 67.6 Å². The Kier molecular flexibility index (Phi) is 2.46. The molecule has 0 unspecified atom stereocenters. The Bertz CT molecular complexity index is 1640. The van der Waals surface area contributed by atoms with Crippen molar-refractivity contribution < 1.29 is 0 Å². The summed E-state index contributed by atoms with van der Waals surface area (Å²) in [7, 11) is 0. The Labute approximate surface area is 153 Å². The number of rotatable bonds is 0. The summed E-state index contributed by atoms with van der Waals surface area (Å²) in [5.74, 6) is 0. The third-order valence-electron chi connectivity index (χ3n) is 5.00. The van der Waals surface area contributed by atoms with Crippen LogP contribution in [0.4, 0.5) is 0 Å². The van der Waals surface area contributed by atoms with Crippen molar-refractivity contribution in [2.24, 2.45) is 0 Å². The van der Waals surface area contributed by atoms with Crippen LogP contribution >= 0.6 is 15.9 Å². The number of aromatic nitrogens is 3. The van der Waals surface area contributed by atoms with Gasteiger partial charge in [-0.05, 0) is 18.2 Å². The molecule has 3 heterocycles. The van der Waals surface area contributed by atoms with Gasteiger partial charge in [-0.2, -0.15) is 0 Å². The first kappa shape index (κ1) is 14.1. The van der Waals surface area contributed by atoms with Crippen LogP contribution in [0.1, 0.15) is 0 Å². The summed E-state index contributed by atoms with van der Waals surface area (Å²) in [4.78, 5) is 37.1. The minimum atomic E-state index is -0.376. The highest BCUT2D eigenvalue weighted by Crippen LogP contribution is 2.39. The Morgan fingerprint density at radius 1 is 0.731 bits per heavy atom. The van der Waals surface area contributed by atoms with Gasteiger partial charge in [-0.3, -0.25) is 14.6 Å². The van der Waals surface area contributed by atoms with Crippen molar-refractivity contribution in [2.45, 2.75) is 0 Å². The summed E-state index contributed by atoms with van der Waals surface area (Å²) in [6.07, 6.45) is 0. The van der Waals surface area contributed by atoms with E-state index in [0.717, 1.165) is 26.3 Å². The normalized spacial score (nSPS) is 12.3. The lowest BCUT2D eigenvalue weighted by molar-refractivity contribution is 1.26. The zero-order valence-electron chi connectivity index (χ0n) is 13.1. The minimum absolute atomic E-state index is 0.374. The number of aromatic amines is 1. The van der Waals surface area contributed by atoms with Crippen molar-refractivity contribution >= 4 is 70.3 Å². The second-order valence-electron chi connectivity index (χ2n) is 6.38. The van der Waals surface area contributed by atoms with Gasteiger partial charge in [0.25, 0.3) is 11.1 Å². The molecule has 0 bridgehead atoms. The summed E-state index contributed by atoms with van der Waals surface area (Å²) < 4.78 is 0.904. The summed E-state index contributed by atoms with van der Waals surface area (Å²) in [5, 5.41) is 3.91. The van der Waals surface area contributed by atoms with Gasteiger partial charge in [0, 0.05) is 26.0 Å². The zero-order chi connectivity index (χ0) is 17.6. The number of hydrogen-bond acceptors (Lipinski definition) is 4. The van der Waals surface area contributed by atoms with Gasteiger partial charge in [-0.25, -0.2) is 9.97 Å². The maximum Gasteiger partial charge on any atom is 0.259 e. The molecule has 0 radical (unpaired) electrons. The monoisotopic (exact) mass is 401 g/mol. The van der Waals surface area contributed by atoms with Crippen molar-refractivity contribution in [1.29, 1.82) is 0 Å². The van der Waals surface area contributed by atoms with Gasteiger partial charge >= 0.3 is 0 Å². The largest absolute Gasteiger partial charge is 0.288 e. The fraction of sp³-hybridized carbons (Fsp3) is 0. The van der Waals surface area contributed by atoms with Gasteiger partial charge in [-0.15, -0.1) is 0 Å². The molecule has 0 aliphatic heterocycles. The standard InChI is InChI=1S/C20H8BrN3O2/c21-8-5-6-10-12(7-8)23-18-14(10)16-15(19(25)24-20(16)26)13-9-3-1-2-4-11(9)22-17(13)18/h1-7H,(H,24,25,26). The minimum Gasteiger partial charge on any atom is -0.288 e. The van der Waals surface area contributed by atoms with Crippen LogP contribution in [0.2, 0.25) is 0 Å². The van der Waals surface area contributed by atoms with E-state index in [1.807, 2.05) is 42.5 Å². The third kappa shape index (κ3) is 1.55. The summed E-state index contributed by atoms with van der Waals surface area (Å²) >= 11 is 3.46. The molecule has 26 heavy (non-hydrogen) atoms. The van der Waals surface area contributed by atoms with E-state index in [2.05, 4.69) is 20.9 Å². The average molecular weight is 402 g/mol. The van der Waals surface area contributed by atoms with Crippen LogP contribution in [-0.2, 0) is 0 Å². The van der Waals surface area contributed by atoms with E-state index in [-0.39, 0.29) is 11.1 Å². The summed E-state index contributed by atoms with van der Waals surface area (Å²) in [5.41, 5.74) is 2.13. The molecule has 1 N–H and O–H groups in total. The molecule has 3 aromatic carbocycles. The van der Waals surface area contributed by atoms with E-state index in [4.69, 9.17) is 9.97 Å². The lowest BCUT2D eigenvalue weighted by atomic mass is 10.0. The smallest absolute Gasteiger partial charge is 0.259 e. The molecule has 0 aliphatic rings. The van der Waals surface area contributed by atoms with Crippen molar-refractivity contribution in [3.8, 4) is 0 Å². The first-order valence-electron chi connectivity index (χ1n) is 8.06. The number of benzene rings is 3. The van der Waals surface area contributed by atoms with Crippen LogP contribution in [0.3, 0.4) is 0 Å². The lowest BCUT2D eigenvalue weighted by Gasteiger charge is -1.97. The zero-order valence-corrected chi connectivity index (χ0v) is 14.7. The molecule has 0 fully saturated rings. The Morgan fingerprint density at radius 2 is 1.35 bits per heavy atom. The molecule has 0 aliphatic carbocycles. The summed E-state index contributed by atoms with van der Waals surface area (Å²) in [6.45, 7) is 0. The number of H-pyrrole nitrogens is 1. The molecule has 0 amide bonds. The quantitative estimate of drug-likeness (QED) is 0.418. The first-order valence-corrected chi connectivity index (χ1v) is 8.85. The first-order chi connectivity index (χ1) is 12.6. The number of hydrogen-bond donors (Lipinski definition) is 1. The van der Waals surface area contributed by atoms with Crippen LogP contribution in [0.15, 0.2) is 56.5 Å². The Morgan fingerprint density at radius 3 is 2.08 bits per heavy atom. The molecule has 3 aromatic heterocycles. The lowest BCUT2D eigenvalue weighted by Crippen LogP contribution is -2.05. The van der Waals surface area contributed by atoms with E-state index in [1.54, 1.807) is 0 Å². The number of para-hydroxylation sites is 1. The van der Waals surface area contributed by atoms with Gasteiger partial charge in [-0.1, -0.05) is 40.2 Å². The van der Waals surface area contributed by atoms with Crippen LogP contribution in [0.25, 0.3) is 54.4 Å². The highest BCUT2D eigenvalue weighted by atomic mass is 79.9. The Hall–Kier alpha value is -3.12. The Balaban J connectivity index is 2.10. The van der Waals surface area contributed by atoms with E-state index in [9.17, 15) is 9.59 Å². The predicted octanol–water partition coefficient (Wildman–Crippen LogP) is 3.93. The molecule has 6 rings (SSSR count). The van der Waals surface area contributed by atoms with E-state index in [0.29, 0.717) is 32.6 Å². The average Bonchev–Trinajstić information content (AvgIpc) is 3.25. The summed E-state index contributed by atoms with van der Waals surface area (Å²) in [6, 6.07) is 13.4. The van der Waals surface area contributed by atoms with Crippen molar-refractivity contribution in [3.63, 3.8) is 0 Å². The highest BCUT2D eigenvalue weighted by molar-refractivity contribution is 9.10. The van der Waals surface area contributed by atoms with Crippen LogP contribution in [0, 0.1) is 0 Å². The molecule has 0 atom stereocenters. The molecule has 5 nitrogen and oxygen atoms in total. The fourth-order valence-corrected chi connectivity index (χ4v) is 4.33. The van der Waals surface area contributed by atoms with Gasteiger partial charge in [0.2, 0.25) is 0 Å². The van der Waals surface area contributed by atoms with Crippen LogP contribution < -0.4 is 11.1 Å².